The Bertz CT molecular complexity index is 523. The predicted molar refractivity (Wildman–Crippen MR) is 109 cm³/mol. The third-order valence-corrected chi connectivity index (χ3v) is 3.38. The van der Waals surface area contributed by atoms with Gasteiger partial charge in [0.05, 0.1) is 7.11 Å². The van der Waals surface area contributed by atoms with Gasteiger partial charge in [-0.1, -0.05) is 25.1 Å². The van der Waals surface area contributed by atoms with Crippen LogP contribution in [0.4, 0.5) is 0 Å². The van der Waals surface area contributed by atoms with E-state index in [1.807, 2.05) is 43.1 Å². The molecule has 1 aromatic carbocycles. The smallest absolute Gasteiger partial charge is 0.221 e. The Hall–Kier alpha value is -1.51. The number of hydrogen-bond acceptors (Lipinski definition) is 3. The molecular weight excluding hydrogens is 419 g/mol. The fourth-order valence-electron chi connectivity index (χ4n) is 2.19. The van der Waals surface area contributed by atoms with E-state index < -0.39 is 0 Å². The van der Waals surface area contributed by atoms with Gasteiger partial charge in [0.15, 0.2) is 5.96 Å². The van der Waals surface area contributed by atoms with Crippen LogP contribution in [0.1, 0.15) is 25.3 Å². The highest BCUT2D eigenvalue weighted by molar-refractivity contribution is 14.0. The first kappa shape index (κ1) is 22.5. The zero-order valence-electron chi connectivity index (χ0n) is 15.0. The number of nitrogens with zero attached hydrogens (tertiary/aromatic N) is 2. The van der Waals surface area contributed by atoms with Gasteiger partial charge in [-0.3, -0.25) is 9.79 Å². The first-order valence-corrected chi connectivity index (χ1v) is 7.92. The Morgan fingerprint density at radius 3 is 2.58 bits per heavy atom. The molecule has 0 atom stereocenters. The summed E-state index contributed by atoms with van der Waals surface area (Å²) in [7, 11) is 5.36. The van der Waals surface area contributed by atoms with Gasteiger partial charge in [0, 0.05) is 45.7 Å². The molecule has 0 aromatic heterocycles. The molecule has 0 aliphatic heterocycles. The molecule has 0 spiro atoms. The molecule has 0 radical (unpaired) electrons. The minimum Gasteiger partial charge on any atom is -0.496 e. The van der Waals surface area contributed by atoms with Gasteiger partial charge in [0.1, 0.15) is 5.75 Å². The van der Waals surface area contributed by atoms with E-state index in [1.54, 1.807) is 14.2 Å². The minimum atomic E-state index is 0. The third-order valence-electron chi connectivity index (χ3n) is 3.38. The maximum Gasteiger partial charge on any atom is 0.221 e. The highest BCUT2D eigenvalue weighted by Gasteiger charge is 2.10. The van der Waals surface area contributed by atoms with Crippen molar-refractivity contribution >= 4 is 35.8 Å². The van der Waals surface area contributed by atoms with Crippen LogP contribution in [0.3, 0.4) is 0 Å². The number of guanidine groups is 1. The summed E-state index contributed by atoms with van der Waals surface area (Å²) in [5.74, 6) is 1.66. The summed E-state index contributed by atoms with van der Waals surface area (Å²) in [5.41, 5.74) is 1.08. The molecule has 7 heteroatoms. The largest absolute Gasteiger partial charge is 0.496 e. The van der Waals surface area contributed by atoms with Gasteiger partial charge in [-0.15, -0.1) is 24.0 Å². The predicted octanol–water partition coefficient (Wildman–Crippen LogP) is 2.24. The Morgan fingerprint density at radius 1 is 1.25 bits per heavy atom. The van der Waals surface area contributed by atoms with Crippen molar-refractivity contribution in [3.63, 3.8) is 0 Å². The Kier molecular flexibility index (Phi) is 12.0. The average molecular weight is 448 g/mol. The summed E-state index contributed by atoms with van der Waals surface area (Å²) in [6, 6.07) is 7.91. The number of para-hydroxylation sites is 1. The number of aliphatic imine (C=N–C) groups is 1. The van der Waals surface area contributed by atoms with Crippen molar-refractivity contribution in [1.29, 1.82) is 0 Å². The van der Waals surface area contributed by atoms with E-state index in [0.29, 0.717) is 19.5 Å². The maximum atomic E-state index is 11.6. The van der Waals surface area contributed by atoms with E-state index in [9.17, 15) is 4.79 Å². The normalized spacial score (nSPS) is 10.6. The second-order valence-corrected chi connectivity index (χ2v) is 5.24. The molecule has 1 amide bonds. The molecule has 0 aliphatic carbocycles. The van der Waals surface area contributed by atoms with Crippen molar-refractivity contribution in [3.8, 4) is 5.75 Å². The van der Waals surface area contributed by atoms with Gasteiger partial charge in [-0.25, -0.2) is 0 Å². The number of rotatable bonds is 8. The minimum absolute atomic E-state index is 0. The summed E-state index contributed by atoms with van der Waals surface area (Å²) in [6.07, 6.45) is 1.38. The zero-order chi connectivity index (χ0) is 17.1. The fraction of sp³-hybridized carbons (Fsp3) is 0.529. The number of nitrogens with one attached hydrogen (secondary N) is 2. The molecule has 0 saturated heterocycles. The lowest BCUT2D eigenvalue weighted by atomic mass is 10.2. The number of hydrogen-bond donors (Lipinski definition) is 2. The van der Waals surface area contributed by atoms with E-state index in [1.165, 1.54) is 0 Å². The molecule has 0 heterocycles. The molecule has 0 aliphatic rings. The van der Waals surface area contributed by atoms with E-state index in [2.05, 4.69) is 15.6 Å². The highest BCUT2D eigenvalue weighted by Crippen LogP contribution is 2.18. The number of halogens is 1. The van der Waals surface area contributed by atoms with Crippen LogP contribution in [-0.2, 0) is 11.3 Å². The Labute approximate surface area is 162 Å². The van der Waals surface area contributed by atoms with Gasteiger partial charge in [0.25, 0.3) is 0 Å². The molecule has 1 rings (SSSR count). The molecule has 2 N–H and O–H groups in total. The molecule has 6 nitrogen and oxygen atoms in total. The molecule has 0 saturated carbocycles. The summed E-state index contributed by atoms with van der Waals surface area (Å²) < 4.78 is 5.37. The molecular formula is C17H29IN4O2. The van der Waals surface area contributed by atoms with Crippen LogP contribution < -0.4 is 15.4 Å². The Balaban J connectivity index is 0.00000529. The van der Waals surface area contributed by atoms with Crippen LogP contribution in [0.15, 0.2) is 29.3 Å². The van der Waals surface area contributed by atoms with Gasteiger partial charge < -0.3 is 20.3 Å². The highest BCUT2D eigenvalue weighted by atomic mass is 127. The van der Waals surface area contributed by atoms with E-state index in [4.69, 9.17) is 4.74 Å². The average Bonchev–Trinajstić information content (AvgIpc) is 2.57. The topological polar surface area (TPSA) is 66.0 Å². The lowest BCUT2D eigenvalue weighted by Crippen LogP contribution is -2.40. The van der Waals surface area contributed by atoms with Crippen LogP contribution in [0.2, 0.25) is 0 Å². The molecule has 0 bridgehead atoms. The van der Waals surface area contributed by atoms with Gasteiger partial charge in [-0.05, 0) is 12.5 Å². The summed E-state index contributed by atoms with van der Waals surface area (Å²) in [6.45, 7) is 3.98. The van der Waals surface area contributed by atoms with Crippen LogP contribution >= 0.6 is 24.0 Å². The molecule has 24 heavy (non-hydrogen) atoms. The molecule has 1 aromatic rings. The summed E-state index contributed by atoms with van der Waals surface area (Å²) in [5, 5.41) is 6.07. The SMILES string of the molecule is CCCNC(=O)CCNC(=NC)N(C)Cc1ccccc1OC.I. The number of benzene rings is 1. The maximum absolute atomic E-state index is 11.6. The second-order valence-electron chi connectivity index (χ2n) is 5.24. The Morgan fingerprint density at radius 2 is 1.96 bits per heavy atom. The monoisotopic (exact) mass is 448 g/mol. The molecule has 0 fully saturated rings. The number of amides is 1. The molecule has 0 unspecified atom stereocenters. The van der Waals surface area contributed by atoms with Crippen molar-refractivity contribution in [3.05, 3.63) is 29.8 Å². The lowest BCUT2D eigenvalue weighted by Gasteiger charge is -2.23. The van der Waals surface area contributed by atoms with Crippen molar-refractivity contribution in [1.82, 2.24) is 15.5 Å². The second kappa shape index (κ2) is 12.9. The number of carbonyl (C=O) groups is 1. The van der Waals surface area contributed by atoms with Crippen LogP contribution in [0.5, 0.6) is 5.75 Å². The summed E-state index contributed by atoms with van der Waals surface area (Å²) >= 11 is 0. The lowest BCUT2D eigenvalue weighted by molar-refractivity contribution is -0.120. The third kappa shape index (κ3) is 7.85. The number of methoxy groups -OCH3 is 1. The van der Waals surface area contributed by atoms with E-state index in [0.717, 1.165) is 30.2 Å². The first-order chi connectivity index (χ1) is 11.1. The van der Waals surface area contributed by atoms with Crippen LogP contribution in [0, 0.1) is 0 Å². The zero-order valence-corrected chi connectivity index (χ0v) is 17.3. The van der Waals surface area contributed by atoms with Crippen LogP contribution in [-0.4, -0.2) is 51.1 Å². The summed E-state index contributed by atoms with van der Waals surface area (Å²) in [4.78, 5) is 17.9. The number of ether oxygens (including phenoxy) is 1. The number of carbonyl (C=O) groups excluding carboxylic acids is 1. The first-order valence-electron chi connectivity index (χ1n) is 7.92. The van der Waals surface area contributed by atoms with Gasteiger partial charge in [-0.2, -0.15) is 0 Å². The van der Waals surface area contributed by atoms with Gasteiger partial charge >= 0.3 is 0 Å². The van der Waals surface area contributed by atoms with Crippen molar-refractivity contribution in [2.75, 3.05) is 34.3 Å². The quantitative estimate of drug-likeness (QED) is 0.364. The fourth-order valence-corrected chi connectivity index (χ4v) is 2.19. The standard InChI is InChI=1S/C17H28N4O2.HI/c1-5-11-19-16(22)10-12-20-17(18-2)21(3)13-14-8-6-7-9-15(14)23-4;/h6-9H,5,10-13H2,1-4H3,(H,18,20)(H,19,22);1H. The van der Waals surface area contributed by atoms with E-state index in [-0.39, 0.29) is 29.9 Å². The van der Waals surface area contributed by atoms with E-state index >= 15 is 0 Å². The molecule has 136 valence electrons. The van der Waals surface area contributed by atoms with Crippen molar-refractivity contribution in [2.24, 2.45) is 4.99 Å². The van der Waals surface area contributed by atoms with Crippen molar-refractivity contribution < 1.29 is 9.53 Å². The van der Waals surface area contributed by atoms with Crippen molar-refractivity contribution in [2.45, 2.75) is 26.3 Å². The van der Waals surface area contributed by atoms with Crippen LogP contribution in [0.25, 0.3) is 0 Å². The van der Waals surface area contributed by atoms with Gasteiger partial charge in [0.2, 0.25) is 5.91 Å².